The molecule has 1 atom stereocenters. The minimum absolute atomic E-state index is 0.283. The zero-order valence-corrected chi connectivity index (χ0v) is 17.1. The smallest absolute Gasteiger partial charge is 0.376 e. The predicted octanol–water partition coefficient (Wildman–Crippen LogP) is 0.822. The maximum Gasteiger partial charge on any atom is 0.440 e. The van der Waals surface area contributed by atoms with E-state index < -0.39 is 24.1 Å². The van der Waals surface area contributed by atoms with Crippen molar-refractivity contribution in [2.75, 3.05) is 13.1 Å². The molecule has 1 fully saturated rings. The van der Waals surface area contributed by atoms with E-state index in [4.69, 9.17) is 0 Å². The number of carbonyl (C=O) groups is 1. The van der Waals surface area contributed by atoms with Gasteiger partial charge in [0.1, 0.15) is 0 Å². The molecule has 1 N–H and O–H groups in total. The fourth-order valence-corrected chi connectivity index (χ4v) is 4.27. The number of aryl methyl sites for hydroxylation is 1. The standard InChI is InChI=1S/C22H24F3N4O2/c1-15-27-20-18(7-10-26-20)29(15)14-16-8-11-28(12-9-16)19(30)13-21(31,22(23,24)25)17-5-3-2-4-6-17/h2-7,10,16,31H,8-9,11-14H2,1H3/q+1. The zero-order chi connectivity index (χ0) is 22.2. The number of fused-ring (bicyclic) bond motifs is 1. The number of nitrogens with zero attached hydrogens (tertiary/aromatic N) is 4. The number of imidazole rings is 1. The normalized spacial score (nSPS) is 18.3. The average Bonchev–Trinajstić information content (AvgIpc) is 3.30. The van der Waals surface area contributed by atoms with Gasteiger partial charge in [-0.15, -0.1) is 0 Å². The van der Waals surface area contributed by atoms with Crippen LogP contribution in [-0.2, 0) is 16.9 Å². The van der Waals surface area contributed by atoms with Gasteiger partial charge in [0, 0.05) is 32.6 Å². The second-order valence-electron chi connectivity index (χ2n) is 8.15. The van der Waals surface area contributed by atoms with Crippen LogP contribution >= 0.6 is 0 Å². The Labute approximate surface area is 177 Å². The summed E-state index contributed by atoms with van der Waals surface area (Å²) >= 11 is 0. The quantitative estimate of drug-likeness (QED) is 0.710. The van der Waals surface area contributed by atoms with Crippen molar-refractivity contribution < 1.29 is 23.1 Å². The molecule has 9 heteroatoms. The zero-order valence-electron chi connectivity index (χ0n) is 17.1. The van der Waals surface area contributed by atoms with Crippen LogP contribution in [0.5, 0.6) is 0 Å². The minimum atomic E-state index is -4.96. The molecule has 164 valence electrons. The van der Waals surface area contributed by atoms with E-state index in [0.717, 1.165) is 17.7 Å². The molecule has 0 bridgehead atoms. The summed E-state index contributed by atoms with van der Waals surface area (Å²) in [7, 11) is 0. The molecule has 0 saturated carbocycles. The average molecular weight is 433 g/mol. The van der Waals surface area contributed by atoms with Crippen LogP contribution in [0.25, 0.3) is 6.08 Å². The SMILES string of the molecule is Cc1nc2c(n1CC1CCN(C(=O)CC(O)(c3ccccc3)C(F)(F)F)CC1)=CC=[N+]=2. The predicted molar refractivity (Wildman–Crippen MR) is 108 cm³/mol. The van der Waals surface area contributed by atoms with Crippen LogP contribution < -0.4 is 15.5 Å². The molecule has 6 nitrogen and oxygen atoms in total. The van der Waals surface area contributed by atoms with Crippen molar-refractivity contribution in [1.29, 1.82) is 0 Å². The molecule has 31 heavy (non-hydrogen) atoms. The molecule has 1 saturated heterocycles. The number of halogens is 3. The van der Waals surface area contributed by atoms with Crippen molar-refractivity contribution in [3.63, 3.8) is 0 Å². The number of likely N-dealkylation sites (tertiary alicyclic amines) is 1. The second-order valence-corrected chi connectivity index (χ2v) is 8.15. The van der Waals surface area contributed by atoms with Gasteiger partial charge in [-0.25, -0.2) is 4.67 Å². The summed E-state index contributed by atoms with van der Waals surface area (Å²) in [4.78, 5) is 18.5. The van der Waals surface area contributed by atoms with Gasteiger partial charge in [0.2, 0.25) is 11.7 Å². The van der Waals surface area contributed by atoms with E-state index in [2.05, 4.69) is 14.2 Å². The summed E-state index contributed by atoms with van der Waals surface area (Å²) < 4.78 is 47.4. The number of carbonyl (C=O) groups excluding carboxylic acids is 1. The lowest BCUT2D eigenvalue weighted by molar-refractivity contribution is -0.268. The van der Waals surface area contributed by atoms with Crippen LogP contribution in [0.4, 0.5) is 13.2 Å². The van der Waals surface area contributed by atoms with Crippen molar-refractivity contribution in [3.8, 4) is 0 Å². The summed E-state index contributed by atoms with van der Waals surface area (Å²) in [5.74, 6) is 0.462. The number of amides is 1. The third-order valence-electron chi connectivity index (χ3n) is 6.14. The highest BCUT2D eigenvalue weighted by molar-refractivity contribution is 5.90. The van der Waals surface area contributed by atoms with Crippen LogP contribution in [0.3, 0.4) is 0 Å². The summed E-state index contributed by atoms with van der Waals surface area (Å²) in [5.41, 5.74) is -2.82. The van der Waals surface area contributed by atoms with E-state index in [9.17, 15) is 23.1 Å². The highest BCUT2D eigenvalue weighted by Crippen LogP contribution is 2.42. The number of aromatic nitrogens is 2. The molecule has 1 aromatic heterocycles. The first-order valence-electron chi connectivity index (χ1n) is 10.3. The number of hydrogen-bond donors (Lipinski definition) is 1. The maximum atomic E-state index is 13.7. The van der Waals surface area contributed by atoms with Crippen LogP contribution in [0.2, 0.25) is 0 Å². The van der Waals surface area contributed by atoms with Crippen molar-refractivity contribution >= 4 is 18.2 Å². The fraction of sp³-hybridized carbons (Fsp3) is 0.455. The van der Waals surface area contributed by atoms with Crippen molar-refractivity contribution in [2.45, 2.75) is 44.5 Å². The molecule has 2 aliphatic heterocycles. The lowest BCUT2D eigenvalue weighted by Gasteiger charge is -2.36. The summed E-state index contributed by atoms with van der Waals surface area (Å²) in [5, 5.41) is 11.4. The van der Waals surface area contributed by atoms with Crippen molar-refractivity contribution in [3.05, 3.63) is 52.6 Å². The van der Waals surface area contributed by atoms with E-state index in [1.54, 1.807) is 12.3 Å². The highest BCUT2D eigenvalue weighted by atomic mass is 19.4. The van der Waals surface area contributed by atoms with Gasteiger partial charge >= 0.3 is 11.7 Å². The Hall–Kier alpha value is -2.90. The molecule has 1 aromatic carbocycles. The van der Waals surface area contributed by atoms with E-state index >= 15 is 0 Å². The Morgan fingerprint density at radius 3 is 2.55 bits per heavy atom. The lowest BCUT2D eigenvalue weighted by Crippen LogP contribution is -2.48. The van der Waals surface area contributed by atoms with E-state index in [0.29, 0.717) is 31.4 Å². The Morgan fingerprint density at radius 2 is 1.90 bits per heavy atom. The Balaban J connectivity index is 1.41. The van der Waals surface area contributed by atoms with Gasteiger partial charge < -0.3 is 14.6 Å². The minimum Gasteiger partial charge on any atom is -0.376 e. The van der Waals surface area contributed by atoms with Crippen molar-refractivity contribution in [1.82, 2.24) is 19.1 Å². The van der Waals surface area contributed by atoms with E-state index in [1.807, 2.05) is 13.0 Å². The second kappa shape index (κ2) is 7.98. The Bertz CT molecular complexity index is 1130. The van der Waals surface area contributed by atoms with Gasteiger partial charge in [0.05, 0.1) is 6.42 Å². The van der Waals surface area contributed by atoms with Gasteiger partial charge in [0.25, 0.3) is 0 Å². The number of aliphatic hydroxyl groups is 1. The molecule has 0 aliphatic carbocycles. The molecular weight excluding hydrogens is 409 g/mol. The monoisotopic (exact) mass is 433 g/mol. The number of hydrogen-bond acceptors (Lipinski definition) is 3. The van der Waals surface area contributed by atoms with E-state index in [1.165, 1.54) is 29.2 Å². The van der Waals surface area contributed by atoms with Gasteiger partial charge in [-0.3, -0.25) is 4.79 Å². The highest BCUT2D eigenvalue weighted by Gasteiger charge is 2.56. The molecule has 2 aliphatic rings. The number of benzene rings is 1. The van der Waals surface area contributed by atoms with Crippen LogP contribution in [0.15, 0.2) is 30.3 Å². The number of alkyl halides is 3. The molecule has 1 unspecified atom stereocenters. The Kier molecular flexibility index (Phi) is 5.49. The molecule has 2 aromatic rings. The first kappa shape index (κ1) is 21.3. The van der Waals surface area contributed by atoms with Crippen LogP contribution in [0, 0.1) is 12.8 Å². The third kappa shape index (κ3) is 4.03. The van der Waals surface area contributed by atoms with E-state index in [-0.39, 0.29) is 11.5 Å². The molecule has 0 radical (unpaired) electrons. The maximum absolute atomic E-state index is 13.7. The van der Waals surface area contributed by atoms with Crippen LogP contribution in [0.1, 0.15) is 30.7 Å². The fourth-order valence-electron chi connectivity index (χ4n) is 4.27. The Morgan fingerprint density at radius 1 is 1.23 bits per heavy atom. The van der Waals surface area contributed by atoms with Crippen molar-refractivity contribution in [2.24, 2.45) is 5.92 Å². The topological polar surface area (TPSA) is 72.5 Å². The van der Waals surface area contributed by atoms with Gasteiger partial charge in [0.15, 0.2) is 17.2 Å². The molecular formula is C22H24F3N4O2+. The molecule has 4 rings (SSSR count). The summed E-state index contributed by atoms with van der Waals surface area (Å²) in [6.07, 6.45) is -1.01. The first-order chi connectivity index (χ1) is 14.7. The lowest BCUT2D eigenvalue weighted by atomic mass is 9.88. The molecule has 0 spiro atoms. The number of piperidine rings is 1. The number of rotatable bonds is 5. The summed E-state index contributed by atoms with van der Waals surface area (Å²) in [6.45, 7) is 3.37. The van der Waals surface area contributed by atoms with Crippen LogP contribution in [-0.4, -0.2) is 50.9 Å². The largest absolute Gasteiger partial charge is 0.440 e. The third-order valence-corrected chi connectivity index (χ3v) is 6.14. The van der Waals surface area contributed by atoms with Gasteiger partial charge in [-0.2, -0.15) is 13.2 Å². The summed E-state index contributed by atoms with van der Waals surface area (Å²) in [6, 6.07) is 6.78. The van der Waals surface area contributed by atoms with Gasteiger partial charge in [-0.05, 0) is 29.3 Å². The molecule has 1 amide bonds. The van der Waals surface area contributed by atoms with Gasteiger partial charge in [-0.1, -0.05) is 30.3 Å². The first-order valence-corrected chi connectivity index (χ1v) is 10.3. The molecule has 3 heterocycles.